The molecule has 0 fully saturated rings. The van der Waals surface area contributed by atoms with Gasteiger partial charge in [0.15, 0.2) is 0 Å². The van der Waals surface area contributed by atoms with Gasteiger partial charge < -0.3 is 10.4 Å². The fraction of sp³-hybridized carbons (Fsp3) is 0.143. The van der Waals surface area contributed by atoms with Crippen molar-refractivity contribution in [1.29, 1.82) is 0 Å². The summed E-state index contributed by atoms with van der Waals surface area (Å²) in [4.78, 5) is 0. The van der Waals surface area contributed by atoms with Gasteiger partial charge in [-0.15, -0.1) is 0 Å². The second-order valence-electron chi connectivity index (χ2n) is 3.93. The Hall–Kier alpha value is -1.58. The summed E-state index contributed by atoms with van der Waals surface area (Å²) in [5, 5.41) is 13.3. The molecule has 2 aromatic rings. The Bertz CT molecular complexity index is 518. The van der Waals surface area contributed by atoms with Crippen LogP contribution in [0.25, 0.3) is 0 Å². The molecule has 2 N–H and O–H groups in total. The SMILES string of the molecule is OC(CNc1cc(F)ccc1Cl)c1ccccc1. The van der Waals surface area contributed by atoms with E-state index in [-0.39, 0.29) is 12.4 Å². The first kappa shape index (κ1) is 12.9. The van der Waals surface area contributed by atoms with E-state index in [9.17, 15) is 9.50 Å². The summed E-state index contributed by atoms with van der Waals surface area (Å²) in [6.45, 7) is 0.271. The molecule has 1 unspecified atom stereocenters. The van der Waals surface area contributed by atoms with Crippen molar-refractivity contribution in [3.63, 3.8) is 0 Å². The Morgan fingerprint density at radius 1 is 1.17 bits per heavy atom. The molecule has 0 radical (unpaired) electrons. The Balaban J connectivity index is 2.01. The maximum atomic E-state index is 13.0. The zero-order valence-electron chi connectivity index (χ0n) is 9.61. The number of hydrogen-bond acceptors (Lipinski definition) is 2. The monoisotopic (exact) mass is 265 g/mol. The molecule has 2 aromatic carbocycles. The first-order valence-corrected chi connectivity index (χ1v) is 5.96. The molecule has 2 rings (SSSR count). The van der Waals surface area contributed by atoms with Crippen molar-refractivity contribution >= 4 is 17.3 Å². The van der Waals surface area contributed by atoms with E-state index < -0.39 is 6.10 Å². The van der Waals surface area contributed by atoms with E-state index in [0.29, 0.717) is 10.7 Å². The Morgan fingerprint density at radius 3 is 2.61 bits per heavy atom. The average Bonchev–Trinajstić information content (AvgIpc) is 2.40. The van der Waals surface area contributed by atoms with Gasteiger partial charge in [-0.05, 0) is 23.8 Å². The van der Waals surface area contributed by atoms with Gasteiger partial charge in [0.1, 0.15) is 5.82 Å². The average molecular weight is 266 g/mol. The molecule has 0 amide bonds. The van der Waals surface area contributed by atoms with Gasteiger partial charge in [-0.1, -0.05) is 41.9 Å². The molecule has 0 spiro atoms. The third-order valence-electron chi connectivity index (χ3n) is 2.60. The van der Waals surface area contributed by atoms with E-state index >= 15 is 0 Å². The molecule has 4 heteroatoms. The highest BCUT2D eigenvalue weighted by atomic mass is 35.5. The van der Waals surface area contributed by atoms with Crippen LogP contribution in [0.2, 0.25) is 5.02 Å². The van der Waals surface area contributed by atoms with Crippen LogP contribution in [-0.4, -0.2) is 11.7 Å². The summed E-state index contributed by atoms with van der Waals surface area (Å²) in [6.07, 6.45) is -0.662. The summed E-state index contributed by atoms with van der Waals surface area (Å²) in [6, 6.07) is 13.3. The third-order valence-corrected chi connectivity index (χ3v) is 2.93. The van der Waals surface area contributed by atoms with Gasteiger partial charge in [0, 0.05) is 6.54 Å². The largest absolute Gasteiger partial charge is 0.387 e. The van der Waals surface area contributed by atoms with E-state index in [2.05, 4.69) is 5.32 Å². The Labute approximate surface area is 110 Å². The Morgan fingerprint density at radius 2 is 1.89 bits per heavy atom. The van der Waals surface area contributed by atoms with Gasteiger partial charge in [-0.3, -0.25) is 0 Å². The number of hydrogen-bond donors (Lipinski definition) is 2. The van der Waals surface area contributed by atoms with Crippen LogP contribution in [0, 0.1) is 5.82 Å². The minimum Gasteiger partial charge on any atom is -0.387 e. The maximum absolute atomic E-state index is 13.0. The lowest BCUT2D eigenvalue weighted by Gasteiger charge is -2.14. The summed E-state index contributed by atoms with van der Waals surface area (Å²) < 4.78 is 13.0. The molecule has 0 heterocycles. The number of halogens is 2. The molecule has 0 bridgehead atoms. The zero-order valence-corrected chi connectivity index (χ0v) is 10.4. The van der Waals surface area contributed by atoms with Gasteiger partial charge in [-0.25, -0.2) is 4.39 Å². The minimum absolute atomic E-state index is 0.271. The van der Waals surface area contributed by atoms with Crippen LogP contribution in [0.1, 0.15) is 11.7 Å². The van der Waals surface area contributed by atoms with Crippen molar-refractivity contribution in [1.82, 2.24) is 0 Å². The molecule has 0 aromatic heterocycles. The van der Waals surface area contributed by atoms with Crippen molar-refractivity contribution < 1.29 is 9.50 Å². The van der Waals surface area contributed by atoms with Gasteiger partial charge in [0.05, 0.1) is 16.8 Å². The molecular weight excluding hydrogens is 253 g/mol. The molecule has 1 atom stereocenters. The zero-order chi connectivity index (χ0) is 13.0. The predicted octanol–water partition coefficient (Wildman–Crippen LogP) is 3.62. The Kier molecular flexibility index (Phi) is 4.18. The van der Waals surface area contributed by atoms with Gasteiger partial charge in [-0.2, -0.15) is 0 Å². The van der Waals surface area contributed by atoms with E-state index in [4.69, 9.17) is 11.6 Å². The van der Waals surface area contributed by atoms with Crippen molar-refractivity contribution in [3.8, 4) is 0 Å². The second-order valence-corrected chi connectivity index (χ2v) is 4.34. The quantitative estimate of drug-likeness (QED) is 0.885. The lowest BCUT2D eigenvalue weighted by Crippen LogP contribution is -2.12. The van der Waals surface area contributed by atoms with Gasteiger partial charge >= 0.3 is 0 Å². The highest BCUT2D eigenvalue weighted by Gasteiger charge is 2.08. The van der Waals surface area contributed by atoms with Crippen LogP contribution in [0.15, 0.2) is 48.5 Å². The number of aliphatic hydroxyl groups excluding tert-OH is 1. The fourth-order valence-corrected chi connectivity index (χ4v) is 1.82. The first-order chi connectivity index (χ1) is 8.66. The van der Waals surface area contributed by atoms with Crippen LogP contribution in [0.5, 0.6) is 0 Å². The molecule has 0 aliphatic heterocycles. The van der Waals surface area contributed by atoms with Crippen LogP contribution in [0.3, 0.4) is 0 Å². The summed E-state index contributed by atoms with van der Waals surface area (Å²) in [5.74, 6) is -0.365. The molecule has 0 saturated heterocycles. The molecule has 0 aliphatic carbocycles. The molecule has 2 nitrogen and oxygen atoms in total. The normalized spacial score (nSPS) is 12.2. The first-order valence-electron chi connectivity index (χ1n) is 5.59. The lowest BCUT2D eigenvalue weighted by atomic mass is 10.1. The van der Waals surface area contributed by atoms with E-state index in [0.717, 1.165) is 5.56 Å². The number of benzene rings is 2. The molecule has 94 valence electrons. The smallest absolute Gasteiger partial charge is 0.125 e. The number of rotatable bonds is 4. The lowest BCUT2D eigenvalue weighted by molar-refractivity contribution is 0.191. The second kappa shape index (κ2) is 5.85. The number of nitrogens with one attached hydrogen (secondary N) is 1. The number of anilines is 1. The molecule has 18 heavy (non-hydrogen) atoms. The highest BCUT2D eigenvalue weighted by Crippen LogP contribution is 2.23. The van der Waals surface area contributed by atoms with Crippen molar-refractivity contribution in [2.24, 2.45) is 0 Å². The van der Waals surface area contributed by atoms with E-state index in [1.807, 2.05) is 30.3 Å². The van der Waals surface area contributed by atoms with E-state index in [1.54, 1.807) is 0 Å². The van der Waals surface area contributed by atoms with Gasteiger partial charge in [0.2, 0.25) is 0 Å². The summed E-state index contributed by atoms with van der Waals surface area (Å²) in [7, 11) is 0. The van der Waals surface area contributed by atoms with Crippen LogP contribution < -0.4 is 5.32 Å². The topological polar surface area (TPSA) is 32.3 Å². The highest BCUT2D eigenvalue weighted by molar-refractivity contribution is 6.33. The third kappa shape index (κ3) is 3.22. The van der Waals surface area contributed by atoms with E-state index in [1.165, 1.54) is 18.2 Å². The van der Waals surface area contributed by atoms with Crippen LogP contribution in [0.4, 0.5) is 10.1 Å². The molecular formula is C14H13ClFNO. The molecule has 0 aliphatic rings. The molecule has 0 saturated carbocycles. The number of aliphatic hydroxyl groups is 1. The standard InChI is InChI=1S/C14H13ClFNO/c15-12-7-6-11(16)8-13(12)17-9-14(18)10-4-2-1-3-5-10/h1-8,14,17-18H,9H2. The van der Waals surface area contributed by atoms with Crippen molar-refractivity contribution in [2.75, 3.05) is 11.9 Å². The van der Waals surface area contributed by atoms with Crippen LogP contribution >= 0.6 is 11.6 Å². The predicted molar refractivity (Wildman–Crippen MR) is 71.3 cm³/mol. The van der Waals surface area contributed by atoms with Gasteiger partial charge in [0.25, 0.3) is 0 Å². The fourth-order valence-electron chi connectivity index (χ4n) is 1.63. The maximum Gasteiger partial charge on any atom is 0.125 e. The van der Waals surface area contributed by atoms with Crippen molar-refractivity contribution in [2.45, 2.75) is 6.10 Å². The minimum atomic E-state index is -0.662. The summed E-state index contributed by atoms with van der Waals surface area (Å²) >= 11 is 5.91. The van der Waals surface area contributed by atoms with Crippen molar-refractivity contribution in [3.05, 3.63) is 64.9 Å². The summed E-state index contributed by atoms with van der Waals surface area (Å²) in [5.41, 5.74) is 1.28. The van der Waals surface area contributed by atoms with Crippen LogP contribution in [-0.2, 0) is 0 Å².